The van der Waals surface area contributed by atoms with Gasteiger partial charge in [0, 0.05) is 6.54 Å². The minimum atomic E-state index is -1.01. The number of carbonyl (C=O) groups is 1. The number of carboxylic acid groups (broad SMARTS) is 1. The van der Waals surface area contributed by atoms with Crippen LogP contribution in [0.5, 0.6) is 0 Å². The van der Waals surface area contributed by atoms with Crippen LogP contribution in [0.3, 0.4) is 0 Å². The maximum absolute atomic E-state index is 10.7. The topological polar surface area (TPSA) is 84.6 Å². The second-order valence-corrected chi connectivity index (χ2v) is 3.17. The van der Waals surface area contributed by atoms with Crippen molar-refractivity contribution in [1.29, 1.82) is 5.26 Å². The smallest absolute Gasteiger partial charge is 0.407 e. The second-order valence-electron chi connectivity index (χ2n) is 3.17. The van der Waals surface area contributed by atoms with E-state index >= 15 is 0 Å². The quantitative estimate of drug-likeness (QED) is 0.617. The maximum atomic E-state index is 10.7. The molecule has 1 aliphatic heterocycles. The minimum absolute atomic E-state index is 0.156. The molecule has 72 valence electrons. The third-order valence-corrected chi connectivity index (χ3v) is 2.26. The van der Waals surface area contributed by atoms with Gasteiger partial charge in [0.1, 0.15) is 0 Å². The van der Waals surface area contributed by atoms with Crippen molar-refractivity contribution in [2.45, 2.75) is 31.4 Å². The van der Waals surface area contributed by atoms with E-state index in [1.807, 2.05) is 6.07 Å². The molecule has 5 heteroatoms. The van der Waals surface area contributed by atoms with Crippen molar-refractivity contribution in [2.75, 3.05) is 6.54 Å². The molecule has 1 aliphatic rings. The van der Waals surface area contributed by atoms with Crippen LogP contribution in [-0.2, 0) is 0 Å². The van der Waals surface area contributed by atoms with Crippen molar-refractivity contribution in [1.82, 2.24) is 4.90 Å². The molecular formula is C8H12N2O3. The lowest BCUT2D eigenvalue weighted by Crippen LogP contribution is -2.46. The van der Waals surface area contributed by atoms with E-state index in [2.05, 4.69) is 0 Å². The number of amides is 1. The third kappa shape index (κ3) is 2.33. The number of hydrogen-bond acceptors (Lipinski definition) is 3. The maximum Gasteiger partial charge on any atom is 0.407 e. The summed E-state index contributed by atoms with van der Waals surface area (Å²) < 4.78 is 0. The number of likely N-dealkylation sites (tertiary alicyclic amines) is 1. The SMILES string of the molecule is N#CC[C@@H]1C[C@H](O)CCN1C(=O)O. The fourth-order valence-electron chi connectivity index (χ4n) is 1.58. The van der Waals surface area contributed by atoms with E-state index < -0.39 is 12.2 Å². The van der Waals surface area contributed by atoms with Crippen LogP contribution in [0.2, 0.25) is 0 Å². The first-order valence-electron chi connectivity index (χ1n) is 4.19. The number of aliphatic hydroxyl groups excluding tert-OH is 1. The summed E-state index contributed by atoms with van der Waals surface area (Å²) in [6.07, 6.45) is -0.474. The Bertz CT molecular complexity index is 236. The summed E-state index contributed by atoms with van der Waals surface area (Å²) in [4.78, 5) is 11.9. The Hall–Kier alpha value is -1.28. The fraction of sp³-hybridized carbons (Fsp3) is 0.750. The summed E-state index contributed by atoms with van der Waals surface area (Å²) in [5, 5.41) is 26.5. The third-order valence-electron chi connectivity index (χ3n) is 2.26. The van der Waals surface area contributed by atoms with Gasteiger partial charge in [0.15, 0.2) is 0 Å². The van der Waals surface area contributed by atoms with Gasteiger partial charge < -0.3 is 15.1 Å². The molecule has 0 aromatic rings. The zero-order valence-electron chi connectivity index (χ0n) is 7.18. The summed E-state index contributed by atoms with van der Waals surface area (Å²) in [6.45, 7) is 0.322. The van der Waals surface area contributed by atoms with Gasteiger partial charge in [-0.3, -0.25) is 0 Å². The molecule has 0 spiro atoms. The monoisotopic (exact) mass is 184 g/mol. The molecule has 0 radical (unpaired) electrons. The lowest BCUT2D eigenvalue weighted by Gasteiger charge is -2.34. The molecule has 0 aromatic carbocycles. The molecule has 1 saturated heterocycles. The van der Waals surface area contributed by atoms with Gasteiger partial charge in [-0.25, -0.2) is 4.79 Å². The first kappa shape index (κ1) is 9.81. The highest BCUT2D eigenvalue weighted by Crippen LogP contribution is 2.19. The van der Waals surface area contributed by atoms with E-state index in [0.717, 1.165) is 0 Å². The minimum Gasteiger partial charge on any atom is -0.465 e. The summed E-state index contributed by atoms with van der Waals surface area (Å²) in [5.74, 6) is 0. The molecule has 1 fully saturated rings. The Labute approximate surface area is 76.2 Å². The Balaban J connectivity index is 2.61. The molecule has 1 heterocycles. The number of piperidine rings is 1. The molecule has 5 nitrogen and oxygen atoms in total. The normalized spacial score (nSPS) is 28.2. The summed E-state index contributed by atoms with van der Waals surface area (Å²) in [5.41, 5.74) is 0. The van der Waals surface area contributed by atoms with Gasteiger partial charge in [0.25, 0.3) is 0 Å². The Morgan fingerprint density at radius 2 is 2.38 bits per heavy atom. The molecular weight excluding hydrogens is 172 g/mol. The van der Waals surface area contributed by atoms with E-state index in [1.54, 1.807) is 0 Å². The average Bonchev–Trinajstić information content (AvgIpc) is 2.04. The molecule has 0 aromatic heterocycles. The molecule has 2 atom stereocenters. The van der Waals surface area contributed by atoms with Gasteiger partial charge in [-0.05, 0) is 12.8 Å². The van der Waals surface area contributed by atoms with Crippen molar-refractivity contribution >= 4 is 6.09 Å². The van der Waals surface area contributed by atoms with Crippen molar-refractivity contribution in [3.05, 3.63) is 0 Å². The molecule has 1 rings (SSSR count). The number of nitriles is 1. The van der Waals surface area contributed by atoms with Crippen LogP contribution in [-0.4, -0.2) is 39.9 Å². The van der Waals surface area contributed by atoms with Crippen LogP contribution in [0, 0.1) is 11.3 Å². The van der Waals surface area contributed by atoms with Crippen LogP contribution in [0.1, 0.15) is 19.3 Å². The molecule has 0 saturated carbocycles. The zero-order chi connectivity index (χ0) is 9.84. The predicted molar refractivity (Wildman–Crippen MR) is 44.0 cm³/mol. The highest BCUT2D eigenvalue weighted by molar-refractivity contribution is 5.65. The summed E-state index contributed by atoms with van der Waals surface area (Å²) >= 11 is 0. The molecule has 0 aliphatic carbocycles. The Morgan fingerprint density at radius 1 is 1.69 bits per heavy atom. The zero-order valence-corrected chi connectivity index (χ0v) is 7.18. The number of rotatable bonds is 1. The highest BCUT2D eigenvalue weighted by atomic mass is 16.4. The Morgan fingerprint density at radius 3 is 2.92 bits per heavy atom. The van der Waals surface area contributed by atoms with Crippen LogP contribution in [0.25, 0.3) is 0 Å². The lowest BCUT2D eigenvalue weighted by molar-refractivity contribution is 0.0444. The molecule has 2 N–H and O–H groups in total. The average molecular weight is 184 g/mol. The number of hydrogen-bond donors (Lipinski definition) is 2. The van der Waals surface area contributed by atoms with Crippen LogP contribution in [0.4, 0.5) is 4.79 Å². The molecule has 0 bridgehead atoms. The highest BCUT2D eigenvalue weighted by Gasteiger charge is 2.30. The van der Waals surface area contributed by atoms with Gasteiger partial charge in [-0.2, -0.15) is 5.26 Å². The fourth-order valence-corrected chi connectivity index (χ4v) is 1.58. The first-order chi connectivity index (χ1) is 6.15. The van der Waals surface area contributed by atoms with Crippen molar-refractivity contribution in [2.24, 2.45) is 0 Å². The van der Waals surface area contributed by atoms with E-state index in [1.165, 1.54) is 4.90 Å². The second kappa shape index (κ2) is 4.10. The van der Waals surface area contributed by atoms with Crippen molar-refractivity contribution in [3.63, 3.8) is 0 Å². The van der Waals surface area contributed by atoms with Gasteiger partial charge in [0.2, 0.25) is 0 Å². The largest absolute Gasteiger partial charge is 0.465 e. The van der Waals surface area contributed by atoms with E-state index in [4.69, 9.17) is 10.4 Å². The van der Waals surface area contributed by atoms with Gasteiger partial charge in [0.05, 0.1) is 24.6 Å². The number of nitrogens with zero attached hydrogens (tertiary/aromatic N) is 2. The summed E-state index contributed by atoms with van der Waals surface area (Å²) in [7, 11) is 0. The van der Waals surface area contributed by atoms with Gasteiger partial charge in [-0.15, -0.1) is 0 Å². The predicted octanol–water partition coefficient (Wildman–Crippen LogP) is 0.403. The van der Waals surface area contributed by atoms with E-state index in [9.17, 15) is 9.90 Å². The molecule has 1 amide bonds. The van der Waals surface area contributed by atoms with Crippen LogP contribution < -0.4 is 0 Å². The number of aliphatic hydroxyl groups is 1. The Kier molecular flexibility index (Phi) is 3.09. The molecule has 13 heavy (non-hydrogen) atoms. The first-order valence-corrected chi connectivity index (χ1v) is 4.19. The van der Waals surface area contributed by atoms with Gasteiger partial charge >= 0.3 is 6.09 Å². The standard InChI is InChI=1S/C8H12N2O3/c9-3-1-6-5-7(11)2-4-10(6)8(12)13/h6-7,11H,1-2,4-5H2,(H,12,13)/t6-,7-/m1/s1. The van der Waals surface area contributed by atoms with E-state index in [0.29, 0.717) is 19.4 Å². The van der Waals surface area contributed by atoms with E-state index in [-0.39, 0.29) is 12.5 Å². The van der Waals surface area contributed by atoms with Crippen molar-refractivity contribution < 1.29 is 15.0 Å². The summed E-state index contributed by atoms with van der Waals surface area (Å²) in [6, 6.07) is 1.59. The van der Waals surface area contributed by atoms with Gasteiger partial charge in [-0.1, -0.05) is 0 Å². The molecule has 0 unspecified atom stereocenters. The van der Waals surface area contributed by atoms with Crippen molar-refractivity contribution in [3.8, 4) is 6.07 Å². The lowest BCUT2D eigenvalue weighted by atomic mass is 9.98. The van der Waals surface area contributed by atoms with Crippen LogP contribution in [0.15, 0.2) is 0 Å². The van der Waals surface area contributed by atoms with Crippen LogP contribution >= 0.6 is 0 Å².